The van der Waals surface area contributed by atoms with Crippen LogP contribution in [0.4, 0.5) is 0 Å². The number of nitrogens with two attached hydrogens (primary N) is 1. The summed E-state index contributed by atoms with van der Waals surface area (Å²) in [6, 6.07) is 4.25. The van der Waals surface area contributed by atoms with Crippen LogP contribution in [0.1, 0.15) is 20.4 Å². The molecule has 2 aromatic heterocycles. The lowest BCUT2D eigenvalue weighted by Crippen LogP contribution is -2.48. The third kappa shape index (κ3) is 3.73. The van der Waals surface area contributed by atoms with Crippen molar-refractivity contribution in [1.82, 2.24) is 14.8 Å². The molecule has 5 nitrogen and oxygen atoms in total. The molecule has 0 atom stereocenters. The second kappa shape index (κ2) is 7.32. The van der Waals surface area contributed by atoms with Gasteiger partial charge in [0.2, 0.25) is 0 Å². The van der Waals surface area contributed by atoms with E-state index in [-0.39, 0.29) is 5.91 Å². The number of aromatic nitrogens is 1. The number of rotatable bonds is 5. The average molecular weight is 336 g/mol. The highest BCUT2D eigenvalue weighted by molar-refractivity contribution is 7.10. The maximum atomic E-state index is 12.5. The summed E-state index contributed by atoms with van der Waals surface area (Å²) in [5.74, 6) is 0.0512. The quantitative estimate of drug-likeness (QED) is 0.902. The molecule has 22 heavy (non-hydrogen) atoms. The molecule has 1 saturated heterocycles. The lowest BCUT2D eigenvalue weighted by atomic mass is 10.2. The number of carbonyl (C=O) groups is 1. The van der Waals surface area contributed by atoms with Gasteiger partial charge in [0.15, 0.2) is 0 Å². The van der Waals surface area contributed by atoms with Crippen LogP contribution in [-0.2, 0) is 13.0 Å². The van der Waals surface area contributed by atoms with E-state index in [1.165, 1.54) is 16.2 Å². The van der Waals surface area contributed by atoms with Crippen molar-refractivity contribution in [3.8, 4) is 0 Å². The smallest absolute Gasteiger partial charge is 0.273 e. The number of amides is 1. The van der Waals surface area contributed by atoms with Gasteiger partial charge in [0.05, 0.1) is 5.01 Å². The first kappa shape index (κ1) is 15.6. The minimum absolute atomic E-state index is 0.0512. The molecule has 0 spiro atoms. The number of piperazine rings is 1. The monoisotopic (exact) mass is 336 g/mol. The van der Waals surface area contributed by atoms with Gasteiger partial charge in [0.25, 0.3) is 5.91 Å². The molecule has 7 heteroatoms. The summed E-state index contributed by atoms with van der Waals surface area (Å²) < 4.78 is 0. The number of nitrogens with zero attached hydrogens (tertiary/aromatic N) is 3. The molecule has 0 aromatic carbocycles. The van der Waals surface area contributed by atoms with Crippen molar-refractivity contribution in [2.75, 3.05) is 32.7 Å². The first-order valence-corrected chi connectivity index (χ1v) is 9.20. The highest BCUT2D eigenvalue weighted by atomic mass is 32.1. The van der Waals surface area contributed by atoms with Gasteiger partial charge in [-0.25, -0.2) is 4.98 Å². The number of thiophene rings is 1. The predicted octanol–water partition coefficient (Wildman–Crippen LogP) is 1.66. The Bertz CT molecular complexity index is 603. The first-order chi connectivity index (χ1) is 10.8. The van der Waals surface area contributed by atoms with Crippen LogP contribution >= 0.6 is 22.7 Å². The van der Waals surface area contributed by atoms with E-state index in [4.69, 9.17) is 5.73 Å². The molecular weight excluding hydrogens is 316 g/mol. The van der Waals surface area contributed by atoms with Crippen LogP contribution < -0.4 is 5.73 Å². The van der Waals surface area contributed by atoms with Crippen molar-refractivity contribution in [3.63, 3.8) is 0 Å². The van der Waals surface area contributed by atoms with Gasteiger partial charge >= 0.3 is 0 Å². The van der Waals surface area contributed by atoms with Crippen LogP contribution in [0, 0.1) is 0 Å². The van der Waals surface area contributed by atoms with Crippen molar-refractivity contribution in [1.29, 1.82) is 0 Å². The molecule has 0 aliphatic carbocycles. The zero-order valence-electron chi connectivity index (χ0n) is 12.4. The lowest BCUT2D eigenvalue weighted by molar-refractivity contribution is 0.0624. The second-order valence-electron chi connectivity index (χ2n) is 5.31. The van der Waals surface area contributed by atoms with Crippen LogP contribution in [0.25, 0.3) is 0 Å². The van der Waals surface area contributed by atoms with E-state index < -0.39 is 0 Å². The minimum atomic E-state index is 0.0512. The topological polar surface area (TPSA) is 62.5 Å². The molecule has 0 bridgehead atoms. The number of carbonyl (C=O) groups excluding carboxylic acids is 1. The van der Waals surface area contributed by atoms with Gasteiger partial charge in [-0.05, 0) is 18.0 Å². The summed E-state index contributed by atoms with van der Waals surface area (Å²) in [6.07, 6.45) is 0.743. The molecular formula is C15H20N4OS2. The summed E-state index contributed by atoms with van der Waals surface area (Å²) >= 11 is 3.31. The molecule has 118 valence electrons. The Kier molecular flexibility index (Phi) is 5.20. The van der Waals surface area contributed by atoms with Crippen molar-refractivity contribution in [2.45, 2.75) is 13.0 Å². The van der Waals surface area contributed by atoms with E-state index in [0.29, 0.717) is 12.2 Å². The van der Waals surface area contributed by atoms with Gasteiger partial charge in [-0.2, -0.15) is 0 Å². The maximum absolute atomic E-state index is 12.5. The lowest BCUT2D eigenvalue weighted by Gasteiger charge is -2.34. The fourth-order valence-corrected chi connectivity index (χ4v) is 4.08. The number of hydrogen-bond acceptors (Lipinski definition) is 6. The summed E-state index contributed by atoms with van der Waals surface area (Å²) in [5.41, 5.74) is 6.10. The van der Waals surface area contributed by atoms with Gasteiger partial charge < -0.3 is 10.6 Å². The third-order valence-electron chi connectivity index (χ3n) is 3.75. The van der Waals surface area contributed by atoms with E-state index in [0.717, 1.165) is 44.2 Å². The Morgan fingerprint density at radius 1 is 1.27 bits per heavy atom. The Labute approximate surface area is 138 Å². The second-order valence-corrected chi connectivity index (χ2v) is 7.29. The molecule has 0 unspecified atom stereocenters. The molecule has 3 rings (SSSR count). The fourth-order valence-electron chi connectivity index (χ4n) is 2.54. The summed E-state index contributed by atoms with van der Waals surface area (Å²) in [7, 11) is 0. The van der Waals surface area contributed by atoms with Crippen LogP contribution in [0.5, 0.6) is 0 Å². The predicted molar refractivity (Wildman–Crippen MR) is 90.4 cm³/mol. The Hall–Kier alpha value is -1.28. The van der Waals surface area contributed by atoms with Gasteiger partial charge in [-0.1, -0.05) is 6.07 Å². The highest BCUT2D eigenvalue weighted by Crippen LogP contribution is 2.16. The van der Waals surface area contributed by atoms with Crippen LogP contribution in [-0.4, -0.2) is 53.4 Å². The zero-order valence-corrected chi connectivity index (χ0v) is 14.0. The Morgan fingerprint density at radius 3 is 2.77 bits per heavy atom. The molecule has 1 amide bonds. The van der Waals surface area contributed by atoms with E-state index in [1.807, 2.05) is 10.3 Å². The first-order valence-electron chi connectivity index (χ1n) is 7.45. The van der Waals surface area contributed by atoms with E-state index in [1.54, 1.807) is 11.3 Å². The zero-order chi connectivity index (χ0) is 15.4. The summed E-state index contributed by atoms with van der Waals surface area (Å²) in [6.45, 7) is 4.94. The summed E-state index contributed by atoms with van der Waals surface area (Å²) in [4.78, 5) is 22.5. The van der Waals surface area contributed by atoms with Gasteiger partial charge in [0.1, 0.15) is 5.69 Å². The van der Waals surface area contributed by atoms with E-state index >= 15 is 0 Å². The molecule has 0 radical (unpaired) electrons. The number of hydrogen-bond donors (Lipinski definition) is 1. The van der Waals surface area contributed by atoms with Crippen LogP contribution in [0.3, 0.4) is 0 Å². The van der Waals surface area contributed by atoms with Crippen molar-refractivity contribution >= 4 is 28.6 Å². The number of thiazole rings is 1. The molecule has 1 aliphatic rings. The van der Waals surface area contributed by atoms with Crippen LogP contribution in [0.2, 0.25) is 0 Å². The Balaban J connectivity index is 1.52. The highest BCUT2D eigenvalue weighted by Gasteiger charge is 2.23. The van der Waals surface area contributed by atoms with Crippen molar-refractivity contribution in [3.05, 3.63) is 38.5 Å². The molecule has 2 N–H and O–H groups in total. The van der Waals surface area contributed by atoms with Gasteiger partial charge in [-0.3, -0.25) is 9.69 Å². The molecule has 3 heterocycles. The molecule has 2 aromatic rings. The molecule has 1 fully saturated rings. The third-order valence-corrected chi connectivity index (χ3v) is 5.52. The van der Waals surface area contributed by atoms with Gasteiger partial charge in [-0.15, -0.1) is 22.7 Å². The normalized spacial score (nSPS) is 16.1. The van der Waals surface area contributed by atoms with Crippen LogP contribution in [0.15, 0.2) is 22.9 Å². The standard InChI is InChI=1S/C15H20N4OS2/c16-4-3-14-17-13(11-22-14)15(20)19-7-5-18(6-8-19)10-12-2-1-9-21-12/h1-2,9,11H,3-8,10,16H2. The Morgan fingerprint density at radius 2 is 2.09 bits per heavy atom. The minimum Gasteiger partial charge on any atom is -0.335 e. The largest absolute Gasteiger partial charge is 0.335 e. The maximum Gasteiger partial charge on any atom is 0.273 e. The van der Waals surface area contributed by atoms with Gasteiger partial charge in [0, 0.05) is 49.4 Å². The summed E-state index contributed by atoms with van der Waals surface area (Å²) in [5, 5.41) is 4.91. The average Bonchev–Trinajstić information content (AvgIpc) is 3.20. The molecule has 1 aliphatic heterocycles. The van der Waals surface area contributed by atoms with Crippen molar-refractivity contribution < 1.29 is 4.79 Å². The van der Waals surface area contributed by atoms with E-state index in [2.05, 4.69) is 27.4 Å². The fraction of sp³-hybridized carbons (Fsp3) is 0.467. The van der Waals surface area contributed by atoms with E-state index in [9.17, 15) is 4.79 Å². The SMILES string of the molecule is NCCc1nc(C(=O)N2CCN(Cc3cccs3)CC2)cs1. The van der Waals surface area contributed by atoms with Crippen molar-refractivity contribution in [2.24, 2.45) is 5.73 Å². The molecule has 0 saturated carbocycles.